The van der Waals surface area contributed by atoms with Crippen molar-refractivity contribution in [2.24, 2.45) is 0 Å². The van der Waals surface area contributed by atoms with E-state index in [1.54, 1.807) is 0 Å². The quantitative estimate of drug-likeness (QED) is 0.156. The summed E-state index contributed by atoms with van der Waals surface area (Å²) in [4.78, 5) is 16.3. The zero-order chi connectivity index (χ0) is 24.3. The fourth-order valence-corrected chi connectivity index (χ4v) is 5.40. The van der Waals surface area contributed by atoms with Gasteiger partial charge in [0.15, 0.2) is 0 Å². The number of hydrogen-bond acceptors (Lipinski definition) is 2. The van der Waals surface area contributed by atoms with Crippen molar-refractivity contribution in [3.63, 3.8) is 0 Å². The van der Waals surface area contributed by atoms with Crippen LogP contribution in [-0.4, -0.2) is 19.9 Å². The van der Waals surface area contributed by atoms with Gasteiger partial charge in [-0.3, -0.25) is 0 Å². The first-order chi connectivity index (χ1) is 16.9. The molecule has 5 heterocycles. The average Bonchev–Trinajstić information content (AvgIpc) is 3.62. The van der Waals surface area contributed by atoms with E-state index in [4.69, 9.17) is 63.0 Å². The third kappa shape index (κ3) is 4.16. The van der Waals surface area contributed by atoms with Crippen LogP contribution in [0.3, 0.4) is 0 Å². The Hall–Kier alpha value is -2.73. The Labute approximate surface area is 224 Å². The van der Waals surface area contributed by atoms with Crippen LogP contribution < -0.4 is 0 Å². The molecule has 9 heteroatoms. The number of nitrogens with zero attached hydrogens (tertiary/aromatic N) is 2. The number of hydrogen-bond donors (Lipinski definition) is 2. The maximum absolute atomic E-state index is 6.61. The highest BCUT2D eigenvalue weighted by Crippen LogP contribution is 2.48. The molecule has 0 aliphatic carbocycles. The molecular formula is C26H13Cl5N4. The van der Waals surface area contributed by atoms with Crippen molar-refractivity contribution in [3.8, 4) is 0 Å². The topological polar surface area (TPSA) is 57.4 Å². The van der Waals surface area contributed by atoms with Gasteiger partial charge in [0, 0.05) is 33.2 Å². The zero-order valence-electron chi connectivity index (χ0n) is 17.6. The number of fused-ring (bicyclic) bond motifs is 8. The molecule has 1 aromatic carbocycles. The van der Waals surface area contributed by atoms with Gasteiger partial charge in [-0.15, -0.1) is 0 Å². The number of halogens is 5. The first-order valence-corrected chi connectivity index (χ1v) is 12.3. The Balaban J connectivity index is 1.67. The molecule has 0 radical (unpaired) electrons. The lowest BCUT2D eigenvalue weighted by molar-refractivity contribution is 1.30. The van der Waals surface area contributed by atoms with E-state index in [9.17, 15) is 0 Å². The first kappa shape index (κ1) is 22.7. The summed E-state index contributed by atoms with van der Waals surface area (Å²) >= 11 is 32.2. The maximum Gasteiger partial charge on any atom is 0.0809 e. The highest BCUT2D eigenvalue weighted by molar-refractivity contribution is 6.56. The van der Waals surface area contributed by atoms with Gasteiger partial charge in [-0.2, -0.15) is 0 Å². The molecule has 0 fully saturated rings. The van der Waals surface area contributed by atoms with Crippen LogP contribution in [0.2, 0.25) is 25.1 Å². The summed E-state index contributed by atoms with van der Waals surface area (Å²) in [5.74, 6) is 0. The van der Waals surface area contributed by atoms with Crippen molar-refractivity contribution in [1.82, 2.24) is 19.9 Å². The van der Waals surface area contributed by atoms with E-state index in [0.717, 1.165) is 33.5 Å². The lowest BCUT2D eigenvalue weighted by atomic mass is 10.0. The number of nitrogens with one attached hydrogen (secondary N) is 2. The fraction of sp³-hybridized carbons (Fsp3) is 0. The molecule has 6 rings (SSSR count). The van der Waals surface area contributed by atoms with Gasteiger partial charge >= 0.3 is 0 Å². The smallest absolute Gasteiger partial charge is 0.0809 e. The third-order valence-electron chi connectivity index (χ3n) is 5.64. The highest BCUT2D eigenvalue weighted by atomic mass is 35.5. The number of aromatic amines is 2. The minimum Gasteiger partial charge on any atom is -0.355 e. The van der Waals surface area contributed by atoms with Gasteiger partial charge in [0.25, 0.3) is 0 Å². The van der Waals surface area contributed by atoms with Crippen molar-refractivity contribution in [1.29, 1.82) is 0 Å². The molecule has 3 aromatic heterocycles. The molecule has 0 spiro atoms. The summed E-state index contributed by atoms with van der Waals surface area (Å²) in [5.41, 5.74) is 7.76. The fourth-order valence-electron chi connectivity index (χ4n) is 4.06. The SMILES string of the molecule is Clc1c(Cl)c(Cl)c(C2=Cc3cc4ccc(cc5nc(cc6ccc(cc2n3)[nH]6)C=C5)[nH]4)c(Cl)c1Cl. The minimum absolute atomic E-state index is 0.110. The van der Waals surface area contributed by atoms with E-state index in [2.05, 4.69) is 15.0 Å². The monoisotopic (exact) mass is 556 g/mol. The number of benzene rings is 1. The lowest BCUT2D eigenvalue weighted by Crippen LogP contribution is -1.92. The Morgan fingerprint density at radius 1 is 0.514 bits per heavy atom. The Bertz CT molecular complexity index is 1730. The summed E-state index contributed by atoms with van der Waals surface area (Å²) in [6, 6.07) is 15.7. The third-order valence-corrected chi connectivity index (χ3v) is 7.92. The average molecular weight is 559 g/mol. The predicted molar refractivity (Wildman–Crippen MR) is 148 cm³/mol. The normalized spacial score (nSPS) is 12.8. The van der Waals surface area contributed by atoms with Gasteiger partial charge in [-0.25, -0.2) is 9.97 Å². The summed E-state index contributed by atoms with van der Waals surface area (Å²) in [6.45, 7) is 0. The van der Waals surface area contributed by atoms with Gasteiger partial charge in [0.1, 0.15) is 0 Å². The summed E-state index contributed by atoms with van der Waals surface area (Å²) in [7, 11) is 0. The van der Waals surface area contributed by atoms with Crippen molar-refractivity contribution in [3.05, 3.63) is 102 Å². The standard InChI is InChI=1S/C26H13Cl5N4/c27-22-21(23(28)25(30)26(31)24(22)29)19-10-18-9-16-4-3-14(33-16)7-12-1-2-13(32-12)8-15-5-6-17(34-15)11-20(19)35-18/h1-11,33-34H. The van der Waals surface area contributed by atoms with Crippen molar-refractivity contribution in [2.45, 2.75) is 0 Å². The van der Waals surface area contributed by atoms with E-state index >= 15 is 0 Å². The molecule has 172 valence electrons. The second kappa shape index (κ2) is 8.74. The molecule has 0 saturated heterocycles. The molecule has 2 aliphatic heterocycles. The summed E-state index contributed by atoms with van der Waals surface area (Å²) < 4.78 is 0. The van der Waals surface area contributed by atoms with E-state index in [0.29, 0.717) is 22.5 Å². The van der Waals surface area contributed by atoms with Crippen LogP contribution in [-0.2, 0) is 0 Å². The molecule has 4 nitrogen and oxygen atoms in total. The first-order valence-electron chi connectivity index (χ1n) is 10.5. The molecule has 0 unspecified atom stereocenters. The van der Waals surface area contributed by atoms with Crippen molar-refractivity contribution < 1.29 is 0 Å². The van der Waals surface area contributed by atoms with E-state index < -0.39 is 0 Å². The Morgan fingerprint density at radius 2 is 0.971 bits per heavy atom. The van der Waals surface area contributed by atoms with Crippen LogP contribution in [0.5, 0.6) is 0 Å². The second-order valence-corrected chi connectivity index (χ2v) is 9.92. The summed E-state index contributed by atoms with van der Waals surface area (Å²) in [5, 5.41) is 0.799. The van der Waals surface area contributed by atoms with Crippen LogP contribution in [0.4, 0.5) is 0 Å². The van der Waals surface area contributed by atoms with E-state index in [1.807, 2.05) is 66.8 Å². The van der Waals surface area contributed by atoms with Crippen LogP contribution in [0, 0.1) is 0 Å². The molecule has 2 aliphatic rings. The lowest BCUT2D eigenvalue weighted by Gasteiger charge is -2.13. The van der Waals surface area contributed by atoms with Gasteiger partial charge in [-0.1, -0.05) is 58.0 Å². The minimum atomic E-state index is 0.110. The van der Waals surface area contributed by atoms with Crippen LogP contribution in [0.25, 0.3) is 45.9 Å². The van der Waals surface area contributed by atoms with Gasteiger partial charge in [0.2, 0.25) is 0 Å². The van der Waals surface area contributed by atoms with Crippen LogP contribution in [0.15, 0.2) is 48.5 Å². The molecule has 4 aromatic rings. The van der Waals surface area contributed by atoms with Crippen LogP contribution >= 0.6 is 58.0 Å². The number of rotatable bonds is 1. The van der Waals surface area contributed by atoms with E-state index in [-0.39, 0.29) is 25.1 Å². The summed E-state index contributed by atoms with van der Waals surface area (Å²) in [6.07, 6.45) is 5.85. The molecule has 0 atom stereocenters. The Morgan fingerprint density at radius 3 is 1.51 bits per heavy atom. The molecule has 0 saturated carbocycles. The Kier molecular flexibility index (Phi) is 5.67. The maximum atomic E-state index is 6.61. The second-order valence-electron chi connectivity index (χ2n) is 8.04. The highest BCUT2D eigenvalue weighted by Gasteiger charge is 2.25. The van der Waals surface area contributed by atoms with Gasteiger partial charge in [0.05, 0.1) is 47.9 Å². The van der Waals surface area contributed by atoms with Crippen LogP contribution in [0.1, 0.15) is 28.3 Å². The van der Waals surface area contributed by atoms with Gasteiger partial charge in [-0.05, 0) is 66.8 Å². The molecular weight excluding hydrogens is 546 g/mol. The van der Waals surface area contributed by atoms with E-state index in [1.165, 1.54) is 0 Å². The number of H-pyrrole nitrogens is 2. The predicted octanol–water partition coefficient (Wildman–Crippen LogP) is 9.34. The number of aromatic nitrogens is 4. The largest absolute Gasteiger partial charge is 0.355 e. The zero-order valence-corrected chi connectivity index (χ0v) is 21.4. The van der Waals surface area contributed by atoms with Crippen molar-refractivity contribution >= 4 is 104 Å². The van der Waals surface area contributed by atoms with Crippen molar-refractivity contribution in [2.75, 3.05) is 0 Å². The molecule has 35 heavy (non-hydrogen) atoms. The van der Waals surface area contributed by atoms with Gasteiger partial charge < -0.3 is 9.97 Å². The molecule has 8 bridgehead atoms. The molecule has 0 amide bonds. The molecule has 2 N–H and O–H groups in total.